The second-order valence-corrected chi connectivity index (χ2v) is 11.5. The highest BCUT2D eigenvalue weighted by Crippen LogP contribution is 2.23. The van der Waals surface area contributed by atoms with Crippen LogP contribution in [0.15, 0.2) is 36.4 Å². The number of amides is 2. The molecule has 0 saturated carbocycles. The topological polar surface area (TPSA) is 64.7 Å². The van der Waals surface area contributed by atoms with Gasteiger partial charge in [-0.3, -0.25) is 9.59 Å². The van der Waals surface area contributed by atoms with E-state index in [1.54, 1.807) is 24.3 Å². The lowest BCUT2D eigenvalue weighted by Gasteiger charge is -2.30. The average Bonchev–Trinajstić information content (AvgIpc) is 3.01. The van der Waals surface area contributed by atoms with Crippen LogP contribution in [-0.2, 0) is 11.3 Å². The Morgan fingerprint density at radius 3 is 2.38 bits per heavy atom. The Morgan fingerprint density at radius 1 is 0.946 bits per heavy atom. The van der Waals surface area contributed by atoms with E-state index in [1.165, 1.54) is 19.3 Å². The van der Waals surface area contributed by atoms with Crippen molar-refractivity contribution < 1.29 is 9.59 Å². The second-order valence-electron chi connectivity index (χ2n) is 9.77. The maximum absolute atomic E-state index is 13.6. The van der Waals surface area contributed by atoms with Gasteiger partial charge in [0.05, 0.1) is 16.1 Å². The molecule has 0 spiro atoms. The first-order valence-electron chi connectivity index (χ1n) is 12.7. The summed E-state index contributed by atoms with van der Waals surface area (Å²) in [6.45, 7) is 4.41. The lowest BCUT2D eigenvalue weighted by Crippen LogP contribution is -2.50. The van der Waals surface area contributed by atoms with E-state index >= 15 is 0 Å². The monoisotopic (exact) mass is 584 g/mol. The molecule has 37 heavy (non-hydrogen) atoms. The summed E-state index contributed by atoms with van der Waals surface area (Å²) in [6.07, 6.45) is 5.09. The van der Waals surface area contributed by atoms with E-state index in [2.05, 4.69) is 15.5 Å². The molecule has 6 nitrogen and oxygen atoms in total. The molecular weight excluding hydrogens is 554 g/mol. The van der Waals surface area contributed by atoms with Crippen molar-refractivity contribution in [3.8, 4) is 0 Å². The summed E-state index contributed by atoms with van der Waals surface area (Å²) < 4.78 is 0. The Labute approximate surface area is 238 Å². The van der Waals surface area contributed by atoms with E-state index in [1.807, 2.05) is 17.0 Å². The van der Waals surface area contributed by atoms with Crippen molar-refractivity contribution in [2.75, 3.05) is 32.7 Å². The van der Waals surface area contributed by atoms with E-state index in [4.69, 9.17) is 46.4 Å². The second kappa shape index (κ2) is 13.5. The molecule has 2 N–H and O–H groups in total. The number of rotatable bonds is 8. The number of carbonyl (C=O) groups is 2. The zero-order valence-electron chi connectivity index (χ0n) is 20.6. The summed E-state index contributed by atoms with van der Waals surface area (Å²) in [7, 11) is 0. The highest BCUT2D eigenvalue weighted by atomic mass is 35.5. The Bertz CT molecular complexity index is 1090. The molecule has 0 bridgehead atoms. The van der Waals surface area contributed by atoms with Crippen molar-refractivity contribution >= 4 is 58.2 Å². The molecule has 0 aromatic heterocycles. The third kappa shape index (κ3) is 8.22. The molecule has 10 heteroatoms. The van der Waals surface area contributed by atoms with Gasteiger partial charge in [0.15, 0.2) is 0 Å². The van der Waals surface area contributed by atoms with E-state index < -0.39 is 0 Å². The van der Waals surface area contributed by atoms with Gasteiger partial charge in [-0.05, 0) is 80.7 Å². The van der Waals surface area contributed by atoms with Crippen LogP contribution in [0.2, 0.25) is 20.1 Å². The molecule has 2 heterocycles. The Kier molecular flexibility index (Phi) is 10.4. The molecule has 2 atom stereocenters. The van der Waals surface area contributed by atoms with Crippen LogP contribution in [0.4, 0.5) is 0 Å². The summed E-state index contributed by atoms with van der Waals surface area (Å²) >= 11 is 24.5. The van der Waals surface area contributed by atoms with Gasteiger partial charge in [-0.2, -0.15) is 0 Å². The molecule has 0 radical (unpaired) electrons. The van der Waals surface area contributed by atoms with Crippen LogP contribution in [0.1, 0.15) is 48.0 Å². The fourth-order valence-electron chi connectivity index (χ4n) is 4.98. The molecule has 200 valence electrons. The zero-order valence-corrected chi connectivity index (χ0v) is 23.6. The number of piperidine rings is 1. The number of halogens is 4. The minimum atomic E-state index is -0.342. The number of hydrogen-bond donors (Lipinski definition) is 2. The van der Waals surface area contributed by atoms with Crippen molar-refractivity contribution in [1.29, 1.82) is 0 Å². The van der Waals surface area contributed by atoms with Gasteiger partial charge in [-0.25, -0.2) is 0 Å². The van der Waals surface area contributed by atoms with E-state index in [0.717, 1.165) is 25.2 Å². The van der Waals surface area contributed by atoms with Crippen LogP contribution < -0.4 is 10.6 Å². The lowest BCUT2D eigenvalue weighted by atomic mass is 10.1. The fraction of sp³-hybridized carbons (Fsp3) is 0.481. The summed E-state index contributed by atoms with van der Waals surface area (Å²) in [4.78, 5) is 30.7. The van der Waals surface area contributed by atoms with Crippen molar-refractivity contribution in [2.24, 2.45) is 0 Å². The maximum atomic E-state index is 13.6. The predicted molar refractivity (Wildman–Crippen MR) is 151 cm³/mol. The molecule has 2 aliphatic rings. The molecule has 4 rings (SSSR count). The SMILES string of the molecule is O=C(NC[C@@H]1CCN(Cc2cc(Cl)cc(Cl)c2)C(=O)[C@H](CCN2CCCCC2)N1)c1ccc(Cl)c(Cl)c1. The summed E-state index contributed by atoms with van der Waals surface area (Å²) in [5.74, 6) is -0.169. The van der Waals surface area contributed by atoms with Gasteiger partial charge in [-0.15, -0.1) is 0 Å². The average molecular weight is 586 g/mol. The Hall–Kier alpha value is -1.54. The minimum absolute atomic E-state index is 0.0602. The Balaban J connectivity index is 1.43. The number of likely N-dealkylation sites (tertiary alicyclic amines) is 1. The predicted octanol–water partition coefficient (Wildman–Crippen LogP) is 5.67. The lowest BCUT2D eigenvalue weighted by molar-refractivity contribution is -0.133. The van der Waals surface area contributed by atoms with Crippen LogP contribution in [0.3, 0.4) is 0 Å². The largest absolute Gasteiger partial charge is 0.350 e. The van der Waals surface area contributed by atoms with Gasteiger partial charge in [0, 0.05) is 47.8 Å². The number of nitrogens with zero attached hydrogens (tertiary/aromatic N) is 2. The van der Waals surface area contributed by atoms with Gasteiger partial charge in [0.1, 0.15) is 0 Å². The molecule has 0 aliphatic carbocycles. The zero-order chi connectivity index (χ0) is 26.4. The number of benzene rings is 2. The summed E-state index contributed by atoms with van der Waals surface area (Å²) in [6, 6.07) is 9.79. The number of carbonyl (C=O) groups excluding carboxylic acids is 2. The Morgan fingerprint density at radius 2 is 1.68 bits per heavy atom. The van der Waals surface area contributed by atoms with Gasteiger partial charge >= 0.3 is 0 Å². The fourth-order valence-corrected chi connectivity index (χ4v) is 5.85. The normalized spacial score (nSPS) is 21.1. The van der Waals surface area contributed by atoms with E-state index in [9.17, 15) is 9.59 Å². The van der Waals surface area contributed by atoms with Crippen LogP contribution in [0.5, 0.6) is 0 Å². The van der Waals surface area contributed by atoms with Crippen molar-refractivity contribution in [1.82, 2.24) is 20.4 Å². The maximum Gasteiger partial charge on any atom is 0.251 e. The smallest absolute Gasteiger partial charge is 0.251 e. The van der Waals surface area contributed by atoms with E-state index in [-0.39, 0.29) is 23.9 Å². The van der Waals surface area contributed by atoms with Gasteiger partial charge in [0.2, 0.25) is 5.91 Å². The molecule has 0 unspecified atom stereocenters. The van der Waals surface area contributed by atoms with Crippen LogP contribution >= 0.6 is 46.4 Å². The first kappa shape index (κ1) is 28.5. The molecule has 2 saturated heterocycles. The molecular formula is C27H32Cl4N4O2. The minimum Gasteiger partial charge on any atom is -0.350 e. The highest BCUT2D eigenvalue weighted by molar-refractivity contribution is 6.42. The van der Waals surface area contributed by atoms with Crippen molar-refractivity contribution in [3.63, 3.8) is 0 Å². The third-order valence-corrected chi connectivity index (χ3v) is 8.14. The van der Waals surface area contributed by atoms with Crippen LogP contribution in [0, 0.1) is 0 Å². The quantitative estimate of drug-likeness (QED) is 0.419. The molecule has 2 aliphatic heterocycles. The van der Waals surface area contributed by atoms with Gasteiger partial charge in [-0.1, -0.05) is 52.8 Å². The molecule has 2 aromatic rings. The standard InChI is InChI=1S/C27H32Cl4N4O2/c28-20-12-18(13-21(29)15-20)17-35-11-6-22(16-32-26(36)19-4-5-23(30)24(31)14-19)33-25(27(35)37)7-10-34-8-2-1-3-9-34/h4-5,12-15,22,25,33H,1-3,6-11,16-17H2,(H,32,36)/t22-,25-/m0/s1. The van der Waals surface area contributed by atoms with Crippen molar-refractivity contribution in [2.45, 2.75) is 50.7 Å². The molecule has 2 aromatic carbocycles. The van der Waals surface area contributed by atoms with Gasteiger partial charge in [0.25, 0.3) is 5.91 Å². The van der Waals surface area contributed by atoms with Crippen LogP contribution in [-0.4, -0.2) is 66.4 Å². The third-order valence-electron chi connectivity index (χ3n) is 6.96. The summed E-state index contributed by atoms with van der Waals surface area (Å²) in [5, 5.41) is 8.36. The summed E-state index contributed by atoms with van der Waals surface area (Å²) in [5.41, 5.74) is 1.34. The number of hydrogen-bond acceptors (Lipinski definition) is 4. The van der Waals surface area contributed by atoms with Crippen LogP contribution in [0.25, 0.3) is 0 Å². The van der Waals surface area contributed by atoms with Gasteiger partial charge < -0.3 is 20.4 Å². The number of nitrogens with one attached hydrogen (secondary N) is 2. The molecule has 2 amide bonds. The first-order chi connectivity index (χ1) is 17.8. The molecule has 2 fully saturated rings. The highest BCUT2D eigenvalue weighted by Gasteiger charge is 2.31. The van der Waals surface area contributed by atoms with E-state index in [0.29, 0.717) is 58.1 Å². The first-order valence-corrected chi connectivity index (χ1v) is 14.2. The van der Waals surface area contributed by atoms with Crippen molar-refractivity contribution in [3.05, 3.63) is 67.6 Å².